The van der Waals surface area contributed by atoms with Crippen molar-refractivity contribution in [2.45, 2.75) is 20.3 Å². The van der Waals surface area contributed by atoms with Gasteiger partial charge in [-0.3, -0.25) is 4.79 Å². The number of rotatable bonds is 3. The predicted molar refractivity (Wildman–Crippen MR) is 50.2 cm³/mol. The van der Waals surface area contributed by atoms with Gasteiger partial charge in [0.2, 0.25) is 0 Å². The van der Waals surface area contributed by atoms with Gasteiger partial charge in [0, 0.05) is 6.42 Å². The van der Waals surface area contributed by atoms with Crippen LogP contribution in [-0.4, -0.2) is 5.78 Å². The minimum absolute atomic E-state index is 0.130. The molecule has 0 spiro atoms. The summed E-state index contributed by atoms with van der Waals surface area (Å²) in [5.74, 6) is 0.518. The van der Waals surface area contributed by atoms with Gasteiger partial charge >= 0.3 is 0 Å². The van der Waals surface area contributed by atoms with Crippen molar-refractivity contribution in [3.63, 3.8) is 0 Å². The highest BCUT2D eigenvalue weighted by atomic mass is 79.9. The Morgan fingerprint density at radius 2 is 2.33 bits per heavy atom. The number of hydrogen-bond acceptors (Lipinski definition) is 2. The molecule has 0 aliphatic rings. The molecule has 0 aliphatic carbocycles. The summed E-state index contributed by atoms with van der Waals surface area (Å²) >= 11 is 3.17. The van der Waals surface area contributed by atoms with Crippen LogP contribution in [0.4, 0.5) is 0 Å². The maximum atomic E-state index is 11.4. The highest BCUT2D eigenvalue weighted by Gasteiger charge is 2.13. The minimum Gasteiger partial charge on any atom is -0.457 e. The van der Waals surface area contributed by atoms with E-state index in [4.69, 9.17) is 4.42 Å². The first-order chi connectivity index (χ1) is 5.61. The lowest BCUT2D eigenvalue weighted by Gasteiger charge is -2.00. The van der Waals surface area contributed by atoms with Gasteiger partial charge in [-0.15, -0.1) is 0 Å². The number of furan rings is 1. The van der Waals surface area contributed by atoms with Gasteiger partial charge in [-0.05, 0) is 27.9 Å². The lowest BCUT2D eigenvalue weighted by atomic mass is 10.0. The largest absolute Gasteiger partial charge is 0.457 e. The molecule has 1 rings (SSSR count). The first kappa shape index (κ1) is 9.52. The van der Waals surface area contributed by atoms with Gasteiger partial charge in [0.15, 0.2) is 10.5 Å². The van der Waals surface area contributed by atoms with E-state index in [0.29, 0.717) is 22.6 Å². The molecule has 0 N–H and O–H groups in total. The van der Waals surface area contributed by atoms with Gasteiger partial charge in [-0.1, -0.05) is 13.8 Å². The molecular weight excluding hydrogens is 220 g/mol. The molecule has 0 radical (unpaired) electrons. The Bertz CT molecular complexity index is 276. The Balaban J connectivity index is 2.72. The maximum absolute atomic E-state index is 11.4. The van der Waals surface area contributed by atoms with Crippen molar-refractivity contribution in [2.24, 2.45) is 5.92 Å². The van der Waals surface area contributed by atoms with Gasteiger partial charge in [-0.2, -0.15) is 0 Å². The minimum atomic E-state index is 0.130. The second-order valence-corrected chi connectivity index (χ2v) is 3.85. The molecule has 12 heavy (non-hydrogen) atoms. The number of hydrogen-bond donors (Lipinski definition) is 0. The summed E-state index contributed by atoms with van der Waals surface area (Å²) in [4.78, 5) is 11.4. The van der Waals surface area contributed by atoms with Crippen LogP contribution in [0.15, 0.2) is 21.4 Å². The zero-order chi connectivity index (χ0) is 9.14. The standard InChI is InChI=1S/C9H11BrO2/c1-6(2)5-8(11)7-3-4-12-9(7)10/h3-4,6H,5H2,1-2H3. The van der Waals surface area contributed by atoms with Crippen LogP contribution in [0.25, 0.3) is 0 Å². The SMILES string of the molecule is CC(C)CC(=O)c1ccoc1Br. The van der Waals surface area contributed by atoms with Crippen molar-refractivity contribution < 1.29 is 9.21 Å². The lowest BCUT2D eigenvalue weighted by molar-refractivity contribution is 0.0966. The summed E-state index contributed by atoms with van der Waals surface area (Å²) in [6.45, 7) is 4.04. The zero-order valence-corrected chi connectivity index (χ0v) is 8.72. The van der Waals surface area contributed by atoms with Crippen molar-refractivity contribution in [2.75, 3.05) is 0 Å². The van der Waals surface area contributed by atoms with E-state index in [1.807, 2.05) is 13.8 Å². The van der Waals surface area contributed by atoms with Crippen LogP contribution >= 0.6 is 15.9 Å². The fourth-order valence-electron chi connectivity index (χ4n) is 0.974. The zero-order valence-electron chi connectivity index (χ0n) is 7.13. The van der Waals surface area contributed by atoms with Gasteiger partial charge in [0.25, 0.3) is 0 Å². The molecule has 0 unspecified atom stereocenters. The monoisotopic (exact) mass is 230 g/mol. The second kappa shape index (κ2) is 3.90. The highest BCUT2D eigenvalue weighted by molar-refractivity contribution is 9.10. The molecule has 66 valence electrons. The molecule has 0 saturated carbocycles. The first-order valence-electron chi connectivity index (χ1n) is 3.87. The molecule has 2 nitrogen and oxygen atoms in total. The molecular formula is C9H11BrO2. The Hall–Kier alpha value is -0.570. The van der Waals surface area contributed by atoms with Gasteiger partial charge < -0.3 is 4.42 Å². The third kappa shape index (κ3) is 2.21. The number of Topliss-reactive ketones (excluding diaryl/α,β-unsaturated/α-hetero) is 1. The molecule has 0 bridgehead atoms. The average molecular weight is 231 g/mol. The highest BCUT2D eigenvalue weighted by Crippen LogP contribution is 2.20. The van der Waals surface area contributed by atoms with Gasteiger partial charge in [-0.25, -0.2) is 0 Å². The van der Waals surface area contributed by atoms with Gasteiger partial charge in [0.1, 0.15) is 0 Å². The van der Waals surface area contributed by atoms with Gasteiger partial charge in [0.05, 0.1) is 11.8 Å². The number of carbonyl (C=O) groups is 1. The molecule has 1 aromatic heterocycles. The summed E-state index contributed by atoms with van der Waals surface area (Å²) in [6, 6.07) is 1.69. The van der Waals surface area contributed by atoms with Crippen LogP contribution in [-0.2, 0) is 0 Å². The van der Waals surface area contributed by atoms with Crippen molar-refractivity contribution in [1.82, 2.24) is 0 Å². The van der Waals surface area contributed by atoms with E-state index < -0.39 is 0 Å². The number of ketones is 1. The Morgan fingerprint density at radius 1 is 1.67 bits per heavy atom. The summed E-state index contributed by atoms with van der Waals surface area (Å²) in [5, 5.41) is 0. The second-order valence-electron chi connectivity index (χ2n) is 3.13. The Kier molecular flexibility index (Phi) is 3.09. The first-order valence-corrected chi connectivity index (χ1v) is 4.66. The smallest absolute Gasteiger partial charge is 0.179 e. The van der Waals surface area contributed by atoms with Crippen molar-refractivity contribution >= 4 is 21.7 Å². The third-order valence-corrected chi connectivity index (χ3v) is 2.13. The lowest BCUT2D eigenvalue weighted by Crippen LogP contribution is -2.02. The molecule has 0 amide bonds. The van der Waals surface area contributed by atoms with Crippen LogP contribution in [0.5, 0.6) is 0 Å². The molecule has 1 aromatic rings. The molecule has 1 heterocycles. The topological polar surface area (TPSA) is 30.2 Å². The Labute approximate surface area is 80.1 Å². The third-order valence-electron chi connectivity index (χ3n) is 1.51. The molecule has 0 saturated heterocycles. The maximum Gasteiger partial charge on any atom is 0.179 e. The number of halogens is 1. The quantitative estimate of drug-likeness (QED) is 0.747. The van der Waals surface area contributed by atoms with Crippen molar-refractivity contribution in [3.05, 3.63) is 22.6 Å². The van der Waals surface area contributed by atoms with Crippen LogP contribution in [0.2, 0.25) is 0 Å². The van der Waals surface area contributed by atoms with Crippen LogP contribution in [0.3, 0.4) is 0 Å². The normalized spacial score (nSPS) is 10.7. The summed E-state index contributed by atoms with van der Waals surface area (Å²) in [5.41, 5.74) is 0.642. The summed E-state index contributed by atoms with van der Waals surface area (Å²) in [6.07, 6.45) is 2.08. The van der Waals surface area contributed by atoms with E-state index in [-0.39, 0.29) is 5.78 Å². The van der Waals surface area contributed by atoms with Crippen LogP contribution in [0, 0.1) is 5.92 Å². The van der Waals surface area contributed by atoms with E-state index in [2.05, 4.69) is 15.9 Å². The van der Waals surface area contributed by atoms with Crippen LogP contribution < -0.4 is 0 Å². The molecule has 0 fully saturated rings. The van der Waals surface area contributed by atoms with E-state index in [9.17, 15) is 4.79 Å². The summed E-state index contributed by atoms with van der Waals surface area (Å²) in [7, 11) is 0. The predicted octanol–water partition coefficient (Wildman–Crippen LogP) is 3.27. The molecule has 0 atom stereocenters. The van der Waals surface area contributed by atoms with E-state index >= 15 is 0 Å². The fourth-order valence-corrected chi connectivity index (χ4v) is 1.44. The van der Waals surface area contributed by atoms with Crippen molar-refractivity contribution in [3.8, 4) is 0 Å². The summed E-state index contributed by atoms with van der Waals surface area (Å²) < 4.78 is 5.50. The van der Waals surface area contributed by atoms with E-state index in [0.717, 1.165) is 0 Å². The number of carbonyl (C=O) groups excluding carboxylic acids is 1. The van der Waals surface area contributed by atoms with Crippen LogP contribution in [0.1, 0.15) is 30.6 Å². The van der Waals surface area contributed by atoms with E-state index in [1.165, 1.54) is 6.26 Å². The fraction of sp³-hybridized carbons (Fsp3) is 0.444. The Morgan fingerprint density at radius 3 is 2.75 bits per heavy atom. The molecule has 0 aromatic carbocycles. The molecule has 3 heteroatoms. The average Bonchev–Trinajstić information content (AvgIpc) is 2.33. The van der Waals surface area contributed by atoms with Crippen molar-refractivity contribution in [1.29, 1.82) is 0 Å². The molecule has 0 aliphatic heterocycles. The van der Waals surface area contributed by atoms with E-state index in [1.54, 1.807) is 6.07 Å².